The van der Waals surface area contributed by atoms with Crippen molar-refractivity contribution in [2.45, 2.75) is 26.8 Å². The summed E-state index contributed by atoms with van der Waals surface area (Å²) < 4.78 is 0. The van der Waals surface area contributed by atoms with E-state index in [9.17, 15) is 14.7 Å². The van der Waals surface area contributed by atoms with Gasteiger partial charge in [0.05, 0.1) is 36.0 Å². The van der Waals surface area contributed by atoms with Gasteiger partial charge in [-0.3, -0.25) is 14.5 Å². The third-order valence-corrected chi connectivity index (χ3v) is 8.86. The van der Waals surface area contributed by atoms with Crippen LogP contribution < -0.4 is 5.43 Å². The molecule has 1 fully saturated rings. The number of carbonyl (C=O) groups is 2. The molecule has 3 aromatic rings. The van der Waals surface area contributed by atoms with Crippen LogP contribution in [-0.4, -0.2) is 64.7 Å². The summed E-state index contributed by atoms with van der Waals surface area (Å²) in [6.07, 6.45) is 0. The summed E-state index contributed by atoms with van der Waals surface area (Å²) in [6.45, 7) is 9.04. The van der Waals surface area contributed by atoms with E-state index in [0.29, 0.717) is 55.1 Å². The smallest absolute Gasteiger partial charge is 0.281 e. The van der Waals surface area contributed by atoms with Gasteiger partial charge in [-0.25, -0.2) is 5.43 Å². The van der Waals surface area contributed by atoms with Crippen molar-refractivity contribution >= 4 is 63.4 Å². The Morgan fingerprint density at radius 1 is 1.06 bits per heavy atom. The van der Waals surface area contributed by atoms with Crippen molar-refractivity contribution in [2.75, 3.05) is 26.2 Å². The molecule has 0 bridgehead atoms. The van der Waals surface area contributed by atoms with Gasteiger partial charge in [0.15, 0.2) is 0 Å². The van der Waals surface area contributed by atoms with Crippen LogP contribution in [0.2, 0.25) is 10.0 Å². The van der Waals surface area contributed by atoms with Crippen molar-refractivity contribution in [3.8, 4) is 16.2 Å². The number of hydrazone groups is 1. The Morgan fingerprint density at radius 2 is 1.75 bits per heavy atom. The lowest BCUT2D eigenvalue weighted by molar-refractivity contribution is 0.0600. The van der Waals surface area contributed by atoms with E-state index in [1.54, 1.807) is 42.6 Å². The first-order valence-corrected chi connectivity index (χ1v) is 13.8. The summed E-state index contributed by atoms with van der Waals surface area (Å²) in [6, 6.07) is 8.91. The van der Waals surface area contributed by atoms with Crippen LogP contribution in [-0.2, 0) is 0 Å². The lowest BCUT2D eigenvalue weighted by Gasteiger charge is -2.36. The monoisotopic (exact) mass is 564 g/mol. The van der Waals surface area contributed by atoms with Crippen LogP contribution in [0.1, 0.15) is 45.7 Å². The largest absolute Gasteiger partial charge is 0.506 e. The van der Waals surface area contributed by atoms with Crippen LogP contribution in [0.5, 0.6) is 5.75 Å². The van der Waals surface area contributed by atoms with Crippen LogP contribution in [0, 0.1) is 0 Å². The summed E-state index contributed by atoms with van der Waals surface area (Å²) in [7, 11) is 0. The number of hydrogen-bond donors (Lipinski definition) is 2. The van der Waals surface area contributed by atoms with Crippen LogP contribution in [0.15, 0.2) is 40.8 Å². The Labute approximate surface area is 227 Å². The van der Waals surface area contributed by atoms with Gasteiger partial charge in [-0.2, -0.15) is 5.10 Å². The average molecular weight is 566 g/mol. The fourth-order valence-corrected chi connectivity index (χ4v) is 6.04. The van der Waals surface area contributed by atoms with Crippen LogP contribution in [0.4, 0.5) is 0 Å². The van der Waals surface area contributed by atoms with Crippen molar-refractivity contribution in [1.82, 2.24) is 15.2 Å². The number of carbonyl (C=O) groups excluding carboxylic acids is 2. The second-order valence-electron chi connectivity index (χ2n) is 8.68. The highest BCUT2D eigenvalue weighted by atomic mass is 35.5. The number of amides is 2. The van der Waals surface area contributed by atoms with Crippen LogP contribution >= 0.6 is 45.9 Å². The van der Waals surface area contributed by atoms with E-state index in [1.807, 2.05) is 4.90 Å². The lowest BCUT2D eigenvalue weighted by atomic mass is 10.1. The van der Waals surface area contributed by atoms with Crippen molar-refractivity contribution < 1.29 is 14.7 Å². The average Bonchev–Trinajstić information content (AvgIpc) is 3.51. The molecule has 0 aliphatic carbocycles. The van der Waals surface area contributed by atoms with Gasteiger partial charge in [0.25, 0.3) is 11.8 Å². The van der Waals surface area contributed by atoms with Crippen molar-refractivity contribution in [1.29, 1.82) is 0 Å². The summed E-state index contributed by atoms with van der Waals surface area (Å²) in [4.78, 5) is 31.3. The zero-order chi connectivity index (χ0) is 26.0. The minimum Gasteiger partial charge on any atom is -0.506 e. The molecule has 3 heterocycles. The maximum absolute atomic E-state index is 12.9. The second-order valence-corrected chi connectivity index (χ2v) is 11.5. The Bertz CT molecular complexity index is 1310. The molecule has 2 aromatic heterocycles. The number of nitrogens with one attached hydrogen (secondary N) is 1. The molecule has 0 atom stereocenters. The zero-order valence-electron chi connectivity index (χ0n) is 20.0. The fourth-order valence-electron chi connectivity index (χ4n) is 3.87. The molecule has 2 amide bonds. The predicted octanol–water partition coefficient (Wildman–Crippen LogP) is 5.81. The van der Waals surface area contributed by atoms with Crippen molar-refractivity contribution in [3.63, 3.8) is 0 Å². The third kappa shape index (κ3) is 5.76. The third-order valence-electron chi connectivity index (χ3n) is 6.03. The molecule has 190 valence electrons. The molecule has 0 saturated carbocycles. The lowest BCUT2D eigenvalue weighted by Crippen LogP contribution is -2.50. The SMILES string of the molecule is C/C(=N\NC(=O)c1ccc(C(=O)N2CCN(C(C)C)CC2)s1)c1csc(-c2ccc(Cl)c(Cl)c2)c1O. The molecule has 1 aliphatic rings. The number of halogens is 2. The van der Waals surface area contributed by atoms with Gasteiger partial charge in [-0.1, -0.05) is 29.3 Å². The van der Waals surface area contributed by atoms with E-state index in [-0.39, 0.29) is 11.7 Å². The highest BCUT2D eigenvalue weighted by molar-refractivity contribution is 7.16. The highest BCUT2D eigenvalue weighted by Gasteiger charge is 2.25. The summed E-state index contributed by atoms with van der Waals surface area (Å²) in [5.74, 6) is -0.418. The topological polar surface area (TPSA) is 85.2 Å². The van der Waals surface area contributed by atoms with Crippen molar-refractivity contribution in [2.24, 2.45) is 5.10 Å². The second kappa shape index (κ2) is 11.3. The number of thiophene rings is 2. The van der Waals surface area contributed by atoms with Gasteiger partial charge in [-0.05, 0) is 50.6 Å². The standard InChI is InChI=1S/C25H26Cl2N4O3S2/c1-14(2)30-8-10-31(11-9-30)25(34)21-7-6-20(36-21)24(33)29-28-15(3)17-13-35-23(22(17)32)16-4-5-18(26)19(27)12-16/h4-7,12-14,32H,8-11H2,1-3H3,(H,29,33)/b28-15+. The Kier molecular flexibility index (Phi) is 8.37. The van der Waals surface area contributed by atoms with Gasteiger partial charge in [0, 0.05) is 37.6 Å². The highest BCUT2D eigenvalue weighted by Crippen LogP contribution is 2.40. The number of aromatic hydroxyl groups is 1. The molecule has 1 saturated heterocycles. The predicted molar refractivity (Wildman–Crippen MR) is 148 cm³/mol. The fraction of sp³-hybridized carbons (Fsp3) is 0.320. The van der Waals surface area contributed by atoms with E-state index in [4.69, 9.17) is 23.2 Å². The number of hydrogen-bond acceptors (Lipinski definition) is 7. The van der Waals surface area contributed by atoms with Gasteiger partial charge < -0.3 is 10.0 Å². The van der Waals surface area contributed by atoms with E-state index >= 15 is 0 Å². The maximum Gasteiger partial charge on any atom is 0.281 e. The van der Waals surface area contributed by atoms with Crippen molar-refractivity contribution in [3.05, 3.63) is 61.1 Å². The van der Waals surface area contributed by atoms with E-state index in [2.05, 4.69) is 29.3 Å². The number of piperazine rings is 1. The van der Waals surface area contributed by atoms with E-state index in [0.717, 1.165) is 30.0 Å². The molecule has 4 rings (SSSR count). The maximum atomic E-state index is 12.9. The molecular weight excluding hydrogens is 539 g/mol. The molecule has 1 aliphatic heterocycles. The van der Waals surface area contributed by atoms with Gasteiger partial charge in [0.1, 0.15) is 5.75 Å². The first-order valence-electron chi connectivity index (χ1n) is 11.4. The molecule has 0 spiro atoms. The Morgan fingerprint density at radius 3 is 2.42 bits per heavy atom. The molecule has 0 unspecified atom stereocenters. The first-order chi connectivity index (χ1) is 17.2. The molecule has 1 aromatic carbocycles. The van der Waals surface area contributed by atoms with Gasteiger partial charge in [0.2, 0.25) is 0 Å². The minimum absolute atomic E-state index is 0.0514. The molecule has 0 radical (unpaired) electrons. The Hall–Kier alpha value is -2.43. The first kappa shape index (κ1) is 26.6. The molecule has 36 heavy (non-hydrogen) atoms. The van der Waals surface area contributed by atoms with E-state index in [1.165, 1.54) is 11.3 Å². The quantitative estimate of drug-likeness (QED) is 0.292. The Balaban J connectivity index is 1.40. The number of rotatable bonds is 6. The molecule has 2 N–H and O–H groups in total. The minimum atomic E-state index is -0.414. The van der Waals surface area contributed by atoms with Gasteiger partial charge >= 0.3 is 0 Å². The number of benzene rings is 1. The van der Waals surface area contributed by atoms with E-state index < -0.39 is 5.91 Å². The molecule has 11 heteroatoms. The summed E-state index contributed by atoms with van der Waals surface area (Å²) in [5, 5.41) is 17.5. The summed E-state index contributed by atoms with van der Waals surface area (Å²) in [5.41, 5.74) is 4.20. The van der Waals surface area contributed by atoms with Gasteiger partial charge in [-0.15, -0.1) is 22.7 Å². The number of nitrogens with zero attached hydrogens (tertiary/aromatic N) is 3. The normalized spacial score (nSPS) is 14.9. The molecular formula is C25H26Cl2N4O3S2. The van der Waals surface area contributed by atoms with Crippen LogP contribution in [0.25, 0.3) is 10.4 Å². The zero-order valence-corrected chi connectivity index (χ0v) is 23.2. The van der Waals surface area contributed by atoms with Crippen LogP contribution in [0.3, 0.4) is 0 Å². The molecule has 7 nitrogen and oxygen atoms in total. The summed E-state index contributed by atoms with van der Waals surface area (Å²) >= 11 is 14.6.